The van der Waals surface area contributed by atoms with E-state index >= 15 is 0 Å². The maximum absolute atomic E-state index is 12.9. The molecule has 1 fully saturated rings. The van der Waals surface area contributed by atoms with Gasteiger partial charge in [-0.1, -0.05) is 37.3 Å². The summed E-state index contributed by atoms with van der Waals surface area (Å²) in [4.78, 5) is 19.9. The van der Waals surface area contributed by atoms with Crippen molar-refractivity contribution in [2.24, 2.45) is 0 Å². The summed E-state index contributed by atoms with van der Waals surface area (Å²) in [7, 11) is 0. The van der Waals surface area contributed by atoms with Crippen molar-refractivity contribution < 1.29 is 4.79 Å². The predicted molar refractivity (Wildman–Crippen MR) is 113 cm³/mol. The molecule has 5 nitrogen and oxygen atoms in total. The lowest BCUT2D eigenvalue weighted by Gasteiger charge is -2.23. The van der Waals surface area contributed by atoms with Gasteiger partial charge in [0.1, 0.15) is 5.82 Å². The molecule has 0 saturated carbocycles. The molecule has 0 radical (unpaired) electrons. The summed E-state index contributed by atoms with van der Waals surface area (Å²) in [6.07, 6.45) is 3.04. The van der Waals surface area contributed by atoms with Crippen LogP contribution >= 0.6 is 0 Å². The van der Waals surface area contributed by atoms with Crippen molar-refractivity contribution in [1.29, 1.82) is 0 Å². The van der Waals surface area contributed by atoms with Crippen LogP contribution in [0.3, 0.4) is 0 Å². The van der Waals surface area contributed by atoms with E-state index in [1.165, 1.54) is 5.56 Å². The lowest BCUT2D eigenvalue weighted by molar-refractivity contribution is -0.120. The highest BCUT2D eigenvalue weighted by atomic mass is 16.2. The van der Waals surface area contributed by atoms with E-state index in [9.17, 15) is 4.79 Å². The van der Waals surface area contributed by atoms with Crippen molar-refractivity contribution in [2.45, 2.75) is 52.2 Å². The summed E-state index contributed by atoms with van der Waals surface area (Å²) in [5.41, 5.74) is 4.14. The summed E-state index contributed by atoms with van der Waals surface area (Å²) < 4.78 is 2.24. The number of carbonyl (C=O) groups excluding carboxylic acids is 1. The molecule has 1 saturated heterocycles. The largest absolute Gasteiger partial charge is 0.328 e. The van der Waals surface area contributed by atoms with Crippen LogP contribution in [0.4, 0.5) is 5.69 Å². The average molecular weight is 377 g/mol. The normalized spacial score (nSPS) is 17.3. The second-order valence-electron chi connectivity index (χ2n) is 7.62. The molecule has 1 amide bonds. The van der Waals surface area contributed by atoms with Gasteiger partial charge in [-0.3, -0.25) is 9.69 Å². The molecule has 1 aliphatic heterocycles. The second-order valence-corrected chi connectivity index (χ2v) is 7.62. The van der Waals surface area contributed by atoms with Crippen LogP contribution in [0.15, 0.2) is 48.5 Å². The summed E-state index contributed by atoms with van der Waals surface area (Å²) in [5, 5.41) is 3.12. The van der Waals surface area contributed by atoms with Gasteiger partial charge in [0.25, 0.3) is 0 Å². The highest BCUT2D eigenvalue weighted by Crippen LogP contribution is 2.24. The monoisotopic (exact) mass is 376 g/mol. The van der Waals surface area contributed by atoms with Gasteiger partial charge in [-0.05, 0) is 56.5 Å². The van der Waals surface area contributed by atoms with Crippen LogP contribution in [0.2, 0.25) is 0 Å². The molecule has 28 heavy (non-hydrogen) atoms. The van der Waals surface area contributed by atoms with Crippen LogP contribution in [-0.4, -0.2) is 32.9 Å². The standard InChI is InChI=1S/C23H28N4O/c1-3-13-27-17(2)24-20-15-19(11-12-21(20)27)25-23(28)22-10-7-14-26(22)16-18-8-5-4-6-9-18/h4-6,8-9,11-12,15,22H,3,7,10,13-14,16H2,1-2H3,(H,25,28)/t22-/m0/s1. The highest BCUT2D eigenvalue weighted by Gasteiger charge is 2.30. The van der Waals surface area contributed by atoms with Crippen LogP contribution in [0.25, 0.3) is 11.0 Å². The van der Waals surface area contributed by atoms with Crippen LogP contribution in [0.1, 0.15) is 37.6 Å². The van der Waals surface area contributed by atoms with Crippen molar-refractivity contribution in [3.8, 4) is 0 Å². The number of anilines is 1. The summed E-state index contributed by atoms with van der Waals surface area (Å²) in [5.74, 6) is 1.10. The molecule has 0 unspecified atom stereocenters. The van der Waals surface area contributed by atoms with Crippen LogP contribution < -0.4 is 5.32 Å². The average Bonchev–Trinajstić information content (AvgIpc) is 3.27. The van der Waals surface area contributed by atoms with Gasteiger partial charge >= 0.3 is 0 Å². The van der Waals surface area contributed by atoms with Crippen molar-refractivity contribution >= 4 is 22.6 Å². The number of likely N-dealkylation sites (tertiary alicyclic amines) is 1. The van der Waals surface area contributed by atoms with E-state index in [1.54, 1.807) is 0 Å². The number of rotatable bonds is 6. The fourth-order valence-corrected chi connectivity index (χ4v) is 4.19. The molecular formula is C23H28N4O. The number of aromatic nitrogens is 2. The summed E-state index contributed by atoms with van der Waals surface area (Å²) in [6, 6.07) is 16.3. The number of hydrogen-bond acceptors (Lipinski definition) is 3. The third-order valence-corrected chi connectivity index (χ3v) is 5.55. The Balaban J connectivity index is 1.48. The fraction of sp³-hybridized carbons (Fsp3) is 0.391. The first-order chi connectivity index (χ1) is 13.7. The number of nitrogens with one attached hydrogen (secondary N) is 1. The first kappa shape index (κ1) is 18.7. The number of imidazole rings is 1. The predicted octanol–water partition coefficient (Wildman–Crippen LogP) is 4.36. The third-order valence-electron chi connectivity index (χ3n) is 5.55. The molecule has 1 aliphatic rings. The Morgan fingerprint density at radius 2 is 2.04 bits per heavy atom. The molecule has 2 heterocycles. The first-order valence-corrected chi connectivity index (χ1v) is 10.2. The SMILES string of the molecule is CCCn1c(C)nc2cc(NC(=O)[C@@H]3CCCN3Cc3ccccc3)ccc21. The number of nitrogens with zero attached hydrogens (tertiary/aromatic N) is 3. The molecule has 1 N–H and O–H groups in total. The van der Waals surface area contributed by atoms with Gasteiger partial charge < -0.3 is 9.88 Å². The Bertz CT molecular complexity index is 963. The molecule has 3 aromatic rings. The fourth-order valence-electron chi connectivity index (χ4n) is 4.19. The van der Waals surface area contributed by atoms with Gasteiger partial charge in [-0.2, -0.15) is 0 Å². The molecule has 4 rings (SSSR count). The van der Waals surface area contributed by atoms with Crippen LogP contribution in [0.5, 0.6) is 0 Å². The summed E-state index contributed by atoms with van der Waals surface area (Å²) >= 11 is 0. The molecule has 2 aromatic carbocycles. The van der Waals surface area contributed by atoms with E-state index in [4.69, 9.17) is 0 Å². The number of fused-ring (bicyclic) bond motifs is 1. The Morgan fingerprint density at radius 3 is 2.82 bits per heavy atom. The first-order valence-electron chi connectivity index (χ1n) is 10.2. The van der Waals surface area contributed by atoms with Crippen LogP contribution in [0, 0.1) is 6.92 Å². The lowest BCUT2D eigenvalue weighted by Crippen LogP contribution is -2.39. The lowest BCUT2D eigenvalue weighted by atomic mass is 10.1. The maximum Gasteiger partial charge on any atom is 0.241 e. The molecule has 0 bridgehead atoms. The smallest absolute Gasteiger partial charge is 0.241 e. The third kappa shape index (κ3) is 3.80. The zero-order valence-electron chi connectivity index (χ0n) is 16.7. The minimum atomic E-state index is -0.0738. The Kier molecular flexibility index (Phi) is 5.44. The molecule has 5 heteroatoms. The minimum absolute atomic E-state index is 0.0738. The van der Waals surface area contributed by atoms with Gasteiger partial charge in [0, 0.05) is 18.8 Å². The van der Waals surface area contributed by atoms with Gasteiger partial charge in [-0.25, -0.2) is 4.98 Å². The number of carbonyl (C=O) groups is 1. The molecule has 146 valence electrons. The number of benzene rings is 2. The quantitative estimate of drug-likeness (QED) is 0.695. The Hall–Kier alpha value is -2.66. The molecule has 1 atom stereocenters. The van der Waals surface area contributed by atoms with E-state index in [1.807, 2.05) is 25.1 Å². The van der Waals surface area contributed by atoms with E-state index in [-0.39, 0.29) is 11.9 Å². The molecule has 1 aromatic heterocycles. The van der Waals surface area contributed by atoms with Gasteiger partial charge in [0.2, 0.25) is 5.91 Å². The van der Waals surface area contributed by atoms with Crippen molar-refractivity contribution in [2.75, 3.05) is 11.9 Å². The number of aryl methyl sites for hydroxylation is 2. The van der Waals surface area contributed by atoms with Crippen molar-refractivity contribution in [3.63, 3.8) is 0 Å². The zero-order valence-corrected chi connectivity index (χ0v) is 16.7. The number of hydrogen-bond donors (Lipinski definition) is 1. The topological polar surface area (TPSA) is 50.2 Å². The number of amides is 1. The zero-order chi connectivity index (χ0) is 19.5. The van der Waals surface area contributed by atoms with Gasteiger partial charge in [0.05, 0.1) is 17.1 Å². The Labute approximate surface area is 166 Å². The van der Waals surface area contributed by atoms with Crippen molar-refractivity contribution in [3.05, 3.63) is 59.9 Å². The minimum Gasteiger partial charge on any atom is -0.328 e. The highest BCUT2D eigenvalue weighted by molar-refractivity contribution is 5.96. The van der Waals surface area contributed by atoms with E-state index < -0.39 is 0 Å². The van der Waals surface area contributed by atoms with E-state index in [0.717, 1.165) is 61.4 Å². The molecule has 0 aliphatic carbocycles. The van der Waals surface area contributed by atoms with Crippen molar-refractivity contribution in [1.82, 2.24) is 14.5 Å². The molecular weight excluding hydrogens is 348 g/mol. The second kappa shape index (κ2) is 8.15. The van der Waals surface area contributed by atoms with E-state index in [0.29, 0.717) is 0 Å². The van der Waals surface area contributed by atoms with Gasteiger partial charge in [0.15, 0.2) is 0 Å². The maximum atomic E-state index is 12.9. The van der Waals surface area contributed by atoms with Gasteiger partial charge in [-0.15, -0.1) is 0 Å². The summed E-state index contributed by atoms with van der Waals surface area (Å²) in [6.45, 7) is 6.95. The van der Waals surface area contributed by atoms with Crippen LogP contribution in [-0.2, 0) is 17.9 Å². The molecule has 0 spiro atoms. The Morgan fingerprint density at radius 1 is 1.21 bits per heavy atom. The van der Waals surface area contributed by atoms with E-state index in [2.05, 4.69) is 57.0 Å².